The lowest BCUT2D eigenvalue weighted by molar-refractivity contribution is 0.542. The van der Waals surface area contributed by atoms with Crippen molar-refractivity contribution in [3.63, 3.8) is 0 Å². The summed E-state index contributed by atoms with van der Waals surface area (Å²) >= 11 is 0. The highest BCUT2D eigenvalue weighted by Gasteiger charge is 2.20. The van der Waals surface area contributed by atoms with Crippen molar-refractivity contribution in [1.82, 2.24) is 25.0 Å². The molecule has 6 heteroatoms. The summed E-state index contributed by atoms with van der Waals surface area (Å²) in [4.78, 5) is 0. The Labute approximate surface area is 100 Å². The molecule has 2 aromatic rings. The Bertz CT molecular complexity index is 498. The number of hydrazine groups is 1. The molecular formula is C11H18N6. The molecule has 2 rings (SSSR count). The summed E-state index contributed by atoms with van der Waals surface area (Å²) in [6, 6.07) is 1.90. The quantitative estimate of drug-likeness (QED) is 0.596. The van der Waals surface area contributed by atoms with Crippen molar-refractivity contribution in [1.29, 1.82) is 0 Å². The molecule has 0 aromatic carbocycles. The summed E-state index contributed by atoms with van der Waals surface area (Å²) < 4.78 is 3.72. The van der Waals surface area contributed by atoms with Gasteiger partial charge in [0.25, 0.3) is 0 Å². The molecule has 0 amide bonds. The molecule has 3 N–H and O–H groups in total. The maximum Gasteiger partial charge on any atom is 0.0911 e. The monoisotopic (exact) mass is 234 g/mol. The third kappa shape index (κ3) is 2.09. The molecule has 1 unspecified atom stereocenters. The van der Waals surface area contributed by atoms with Crippen LogP contribution in [0.5, 0.6) is 0 Å². The van der Waals surface area contributed by atoms with Crippen LogP contribution in [0.1, 0.15) is 29.9 Å². The van der Waals surface area contributed by atoms with Gasteiger partial charge in [0.2, 0.25) is 0 Å². The van der Waals surface area contributed by atoms with Crippen molar-refractivity contribution >= 4 is 0 Å². The highest BCUT2D eigenvalue weighted by atomic mass is 15.3. The van der Waals surface area contributed by atoms with E-state index >= 15 is 0 Å². The zero-order valence-electron chi connectivity index (χ0n) is 10.4. The minimum absolute atomic E-state index is 0.0776. The van der Waals surface area contributed by atoms with Gasteiger partial charge >= 0.3 is 0 Å². The third-order valence-electron chi connectivity index (χ3n) is 2.87. The Morgan fingerprint density at radius 3 is 2.82 bits per heavy atom. The van der Waals surface area contributed by atoms with Crippen LogP contribution >= 0.6 is 0 Å². The summed E-state index contributed by atoms with van der Waals surface area (Å²) in [5, 5.41) is 8.60. The van der Waals surface area contributed by atoms with Crippen LogP contribution in [0.3, 0.4) is 0 Å². The Balaban J connectivity index is 2.43. The topological polar surface area (TPSA) is 73.7 Å². The van der Waals surface area contributed by atoms with Crippen LogP contribution in [0.2, 0.25) is 0 Å². The lowest BCUT2D eigenvalue weighted by atomic mass is 10.1. The van der Waals surface area contributed by atoms with Crippen LogP contribution in [0, 0.1) is 6.92 Å². The number of nitrogens with one attached hydrogen (secondary N) is 1. The molecule has 0 saturated heterocycles. The van der Waals surface area contributed by atoms with Gasteiger partial charge in [-0.2, -0.15) is 10.2 Å². The van der Waals surface area contributed by atoms with Crippen molar-refractivity contribution in [2.24, 2.45) is 12.9 Å². The molecule has 1 atom stereocenters. The Kier molecular flexibility index (Phi) is 3.26. The van der Waals surface area contributed by atoms with Crippen LogP contribution in [0.4, 0.5) is 0 Å². The first-order valence-electron chi connectivity index (χ1n) is 5.65. The lowest BCUT2D eigenvalue weighted by Gasteiger charge is -2.16. The fourth-order valence-corrected chi connectivity index (χ4v) is 2.09. The van der Waals surface area contributed by atoms with Gasteiger partial charge in [0.15, 0.2) is 0 Å². The summed E-state index contributed by atoms with van der Waals surface area (Å²) in [6.07, 6.45) is 3.77. The van der Waals surface area contributed by atoms with E-state index < -0.39 is 0 Å². The van der Waals surface area contributed by atoms with Crippen LogP contribution < -0.4 is 11.3 Å². The predicted molar refractivity (Wildman–Crippen MR) is 65.0 cm³/mol. The van der Waals surface area contributed by atoms with Gasteiger partial charge in [0, 0.05) is 31.5 Å². The molecule has 0 saturated carbocycles. The molecule has 0 aliphatic heterocycles. The first kappa shape index (κ1) is 11.8. The second-order valence-corrected chi connectivity index (χ2v) is 4.02. The molecule has 0 spiro atoms. The fourth-order valence-electron chi connectivity index (χ4n) is 2.09. The van der Waals surface area contributed by atoms with Crippen molar-refractivity contribution in [2.75, 3.05) is 0 Å². The van der Waals surface area contributed by atoms with Crippen LogP contribution in [-0.4, -0.2) is 19.6 Å². The summed E-state index contributed by atoms with van der Waals surface area (Å²) in [5.41, 5.74) is 5.93. The predicted octanol–water partition coefficient (Wildman–Crippen LogP) is 0.498. The van der Waals surface area contributed by atoms with Crippen molar-refractivity contribution < 1.29 is 0 Å². The summed E-state index contributed by atoms with van der Waals surface area (Å²) in [6.45, 7) is 4.85. The average Bonchev–Trinajstić information content (AvgIpc) is 2.88. The molecule has 0 radical (unpaired) electrons. The minimum Gasteiger partial charge on any atom is -0.275 e. The van der Waals surface area contributed by atoms with E-state index in [1.807, 2.05) is 30.9 Å². The highest BCUT2D eigenvalue weighted by molar-refractivity contribution is 5.28. The van der Waals surface area contributed by atoms with E-state index in [4.69, 9.17) is 5.84 Å². The highest BCUT2D eigenvalue weighted by Crippen LogP contribution is 2.23. The minimum atomic E-state index is -0.0776. The lowest BCUT2D eigenvalue weighted by Crippen LogP contribution is -2.31. The van der Waals surface area contributed by atoms with Gasteiger partial charge in [-0.05, 0) is 19.9 Å². The maximum atomic E-state index is 5.67. The second-order valence-electron chi connectivity index (χ2n) is 4.02. The molecule has 2 heterocycles. The van der Waals surface area contributed by atoms with E-state index in [2.05, 4.69) is 22.5 Å². The van der Waals surface area contributed by atoms with Gasteiger partial charge in [0.1, 0.15) is 0 Å². The summed E-state index contributed by atoms with van der Waals surface area (Å²) in [7, 11) is 1.90. The van der Waals surface area contributed by atoms with Gasteiger partial charge in [-0.3, -0.25) is 15.2 Å². The zero-order chi connectivity index (χ0) is 12.4. The Morgan fingerprint density at radius 2 is 2.29 bits per heavy atom. The van der Waals surface area contributed by atoms with Crippen molar-refractivity contribution in [2.45, 2.75) is 26.4 Å². The standard InChI is InChI=1S/C11H18N6/c1-4-17-10(5-6-13-17)11(14-12)9-7-16(3)15-8(9)2/h5-7,11,14H,4,12H2,1-3H3. The largest absolute Gasteiger partial charge is 0.275 e. The normalized spacial score (nSPS) is 12.9. The third-order valence-corrected chi connectivity index (χ3v) is 2.87. The molecule has 92 valence electrons. The molecular weight excluding hydrogens is 216 g/mol. The second kappa shape index (κ2) is 4.68. The fraction of sp³-hybridized carbons (Fsp3) is 0.455. The van der Waals surface area contributed by atoms with Gasteiger partial charge in [0.05, 0.1) is 17.4 Å². The van der Waals surface area contributed by atoms with Crippen molar-refractivity contribution in [3.05, 3.63) is 35.4 Å². The van der Waals surface area contributed by atoms with Crippen LogP contribution in [0.15, 0.2) is 18.5 Å². The number of hydrogen-bond donors (Lipinski definition) is 2. The Hall–Kier alpha value is -1.66. The number of hydrogen-bond acceptors (Lipinski definition) is 4. The van der Waals surface area contributed by atoms with E-state index in [0.29, 0.717) is 0 Å². The van der Waals surface area contributed by atoms with E-state index in [1.165, 1.54) is 0 Å². The van der Waals surface area contributed by atoms with E-state index in [0.717, 1.165) is 23.5 Å². The van der Waals surface area contributed by atoms with Crippen molar-refractivity contribution in [3.8, 4) is 0 Å². The molecule has 0 aliphatic carbocycles. The SMILES string of the molecule is CCn1nccc1C(NN)c1cn(C)nc1C. The number of nitrogens with two attached hydrogens (primary N) is 1. The zero-order valence-corrected chi connectivity index (χ0v) is 10.4. The summed E-state index contributed by atoms with van der Waals surface area (Å²) in [5.74, 6) is 5.67. The van der Waals surface area contributed by atoms with Gasteiger partial charge in [-0.1, -0.05) is 0 Å². The molecule has 0 aliphatic rings. The number of nitrogens with zero attached hydrogens (tertiary/aromatic N) is 4. The molecule has 6 nitrogen and oxygen atoms in total. The maximum absolute atomic E-state index is 5.67. The molecule has 2 aromatic heterocycles. The van der Waals surface area contributed by atoms with Gasteiger partial charge < -0.3 is 0 Å². The molecule has 0 fully saturated rings. The average molecular weight is 234 g/mol. The van der Waals surface area contributed by atoms with Crippen LogP contribution in [-0.2, 0) is 13.6 Å². The first-order chi connectivity index (χ1) is 8.17. The molecule has 17 heavy (non-hydrogen) atoms. The number of rotatable bonds is 4. The van der Waals surface area contributed by atoms with Gasteiger partial charge in [-0.15, -0.1) is 0 Å². The number of aryl methyl sites for hydroxylation is 3. The van der Waals surface area contributed by atoms with E-state index in [-0.39, 0.29) is 6.04 Å². The smallest absolute Gasteiger partial charge is 0.0911 e. The van der Waals surface area contributed by atoms with E-state index in [9.17, 15) is 0 Å². The number of aromatic nitrogens is 4. The van der Waals surface area contributed by atoms with Gasteiger partial charge in [-0.25, -0.2) is 5.43 Å². The van der Waals surface area contributed by atoms with E-state index in [1.54, 1.807) is 10.9 Å². The Morgan fingerprint density at radius 1 is 1.53 bits per heavy atom. The molecule has 0 bridgehead atoms. The first-order valence-corrected chi connectivity index (χ1v) is 5.65. The van der Waals surface area contributed by atoms with Crippen LogP contribution in [0.25, 0.3) is 0 Å².